The predicted octanol–water partition coefficient (Wildman–Crippen LogP) is 3.52. The summed E-state index contributed by atoms with van der Waals surface area (Å²) in [6.45, 7) is 4.30. The van der Waals surface area contributed by atoms with Crippen molar-refractivity contribution in [3.05, 3.63) is 52.7 Å². The van der Waals surface area contributed by atoms with Gasteiger partial charge in [-0.15, -0.1) is 5.10 Å². The van der Waals surface area contributed by atoms with Crippen LogP contribution in [0.25, 0.3) is 10.9 Å². The van der Waals surface area contributed by atoms with Crippen LogP contribution in [0.2, 0.25) is 0 Å². The number of benzene rings is 1. The first-order chi connectivity index (χ1) is 10.2. The number of aromatic nitrogens is 3. The third kappa shape index (κ3) is 2.54. The molecule has 4 nitrogen and oxygen atoms in total. The molecule has 21 heavy (non-hydrogen) atoms. The Morgan fingerprint density at radius 2 is 2.00 bits per heavy atom. The molecule has 2 heterocycles. The Balaban J connectivity index is 2.17. The smallest absolute Gasteiger partial charge is 0.0832 e. The molecule has 2 aromatic heterocycles. The highest BCUT2D eigenvalue weighted by Gasteiger charge is 2.22. The predicted molar refractivity (Wildman–Crippen MR) is 86.6 cm³/mol. The lowest BCUT2D eigenvalue weighted by atomic mass is 9.97. The Morgan fingerprint density at radius 1 is 1.14 bits per heavy atom. The first-order valence-electron chi connectivity index (χ1n) is 7.05. The molecule has 3 aromatic rings. The van der Waals surface area contributed by atoms with E-state index < -0.39 is 0 Å². The van der Waals surface area contributed by atoms with Gasteiger partial charge in [-0.2, -0.15) is 0 Å². The summed E-state index contributed by atoms with van der Waals surface area (Å²) in [4.78, 5) is 5.63. The van der Waals surface area contributed by atoms with Gasteiger partial charge < -0.3 is 5.32 Å². The third-order valence-electron chi connectivity index (χ3n) is 3.63. The van der Waals surface area contributed by atoms with Crippen molar-refractivity contribution in [3.63, 3.8) is 0 Å². The number of nitrogens with zero attached hydrogens (tertiary/aromatic N) is 3. The van der Waals surface area contributed by atoms with Crippen LogP contribution in [0, 0.1) is 0 Å². The second-order valence-corrected chi connectivity index (χ2v) is 6.10. The quantitative estimate of drug-likeness (QED) is 0.800. The zero-order valence-electron chi connectivity index (χ0n) is 12.4. The molecule has 0 fully saturated rings. The van der Waals surface area contributed by atoms with E-state index in [1.165, 1.54) is 27.4 Å². The van der Waals surface area contributed by atoms with E-state index in [0.717, 1.165) is 11.2 Å². The summed E-state index contributed by atoms with van der Waals surface area (Å²) in [5.41, 5.74) is 3.30. The summed E-state index contributed by atoms with van der Waals surface area (Å²) in [5, 5.41) is 8.88. The molecule has 0 aliphatic heterocycles. The van der Waals surface area contributed by atoms with Crippen molar-refractivity contribution in [1.82, 2.24) is 19.9 Å². The lowest BCUT2D eigenvalue weighted by molar-refractivity contribution is 0.683. The SMILES string of the molecule is CNC(c1snnc1C(C)C)c1cccc2ncccc12. The zero-order chi connectivity index (χ0) is 14.8. The fraction of sp³-hybridized carbons (Fsp3) is 0.312. The van der Waals surface area contributed by atoms with E-state index in [2.05, 4.69) is 51.9 Å². The van der Waals surface area contributed by atoms with Gasteiger partial charge in [-0.3, -0.25) is 4.98 Å². The molecule has 0 amide bonds. The van der Waals surface area contributed by atoms with Crippen molar-refractivity contribution in [3.8, 4) is 0 Å². The van der Waals surface area contributed by atoms with E-state index in [1.807, 2.05) is 25.4 Å². The van der Waals surface area contributed by atoms with Crippen molar-refractivity contribution >= 4 is 22.4 Å². The van der Waals surface area contributed by atoms with Crippen LogP contribution >= 0.6 is 11.5 Å². The fourth-order valence-electron chi connectivity index (χ4n) is 2.61. The fourth-order valence-corrected chi connectivity index (χ4v) is 3.55. The molecule has 5 heteroatoms. The second-order valence-electron chi connectivity index (χ2n) is 5.32. The van der Waals surface area contributed by atoms with Gasteiger partial charge >= 0.3 is 0 Å². The van der Waals surface area contributed by atoms with E-state index in [0.29, 0.717) is 5.92 Å². The maximum absolute atomic E-state index is 4.44. The van der Waals surface area contributed by atoms with Crippen molar-refractivity contribution in [2.24, 2.45) is 0 Å². The van der Waals surface area contributed by atoms with E-state index in [9.17, 15) is 0 Å². The molecule has 0 spiro atoms. The first-order valence-corrected chi connectivity index (χ1v) is 7.82. The molecule has 1 aromatic carbocycles. The van der Waals surface area contributed by atoms with Crippen molar-refractivity contribution in [1.29, 1.82) is 0 Å². The largest absolute Gasteiger partial charge is 0.309 e. The van der Waals surface area contributed by atoms with Gasteiger partial charge in [0.2, 0.25) is 0 Å². The number of hydrogen-bond acceptors (Lipinski definition) is 5. The number of hydrogen-bond donors (Lipinski definition) is 1. The van der Waals surface area contributed by atoms with Gasteiger partial charge in [0, 0.05) is 11.6 Å². The van der Waals surface area contributed by atoms with Gasteiger partial charge in [-0.1, -0.05) is 36.5 Å². The first kappa shape index (κ1) is 14.1. The maximum atomic E-state index is 4.44. The third-order valence-corrected chi connectivity index (χ3v) is 4.43. The van der Waals surface area contributed by atoms with Crippen LogP contribution in [0.4, 0.5) is 0 Å². The molecule has 0 aliphatic rings. The topological polar surface area (TPSA) is 50.7 Å². The van der Waals surface area contributed by atoms with Crippen molar-refractivity contribution in [2.75, 3.05) is 7.05 Å². The molecule has 0 saturated carbocycles. The van der Waals surface area contributed by atoms with E-state index in [-0.39, 0.29) is 6.04 Å². The molecule has 3 rings (SSSR count). The Bertz CT molecular complexity index is 745. The number of nitrogens with one attached hydrogen (secondary N) is 1. The molecule has 108 valence electrons. The lowest BCUT2D eigenvalue weighted by Gasteiger charge is -2.18. The lowest BCUT2D eigenvalue weighted by Crippen LogP contribution is -2.18. The zero-order valence-corrected chi connectivity index (χ0v) is 13.2. The molecule has 0 radical (unpaired) electrons. The number of pyridine rings is 1. The summed E-state index contributed by atoms with van der Waals surface area (Å²) < 4.78 is 4.15. The second kappa shape index (κ2) is 5.87. The molecule has 0 bridgehead atoms. The number of rotatable bonds is 4. The Hall–Kier alpha value is -1.85. The summed E-state index contributed by atoms with van der Waals surface area (Å²) >= 11 is 1.47. The van der Waals surface area contributed by atoms with Crippen LogP contribution in [-0.2, 0) is 0 Å². The van der Waals surface area contributed by atoms with Gasteiger partial charge in [0.05, 0.1) is 22.1 Å². The summed E-state index contributed by atoms with van der Waals surface area (Å²) in [5.74, 6) is 0.364. The molecular weight excluding hydrogens is 280 g/mol. The average molecular weight is 298 g/mol. The van der Waals surface area contributed by atoms with Gasteiger partial charge in [0.15, 0.2) is 0 Å². The van der Waals surface area contributed by atoms with Crippen molar-refractivity contribution in [2.45, 2.75) is 25.8 Å². The highest BCUT2D eigenvalue weighted by Crippen LogP contribution is 2.33. The minimum atomic E-state index is 0.0929. The molecule has 1 unspecified atom stereocenters. The van der Waals surface area contributed by atoms with Gasteiger partial charge in [-0.25, -0.2) is 0 Å². The summed E-state index contributed by atoms with van der Waals surface area (Å²) in [7, 11) is 1.98. The Kier molecular flexibility index (Phi) is 3.94. The minimum absolute atomic E-state index is 0.0929. The molecule has 1 atom stereocenters. The monoisotopic (exact) mass is 298 g/mol. The summed E-state index contributed by atoms with van der Waals surface area (Å²) in [6.07, 6.45) is 1.83. The van der Waals surface area contributed by atoms with Crippen LogP contribution in [0.1, 0.15) is 41.9 Å². The van der Waals surface area contributed by atoms with Crippen LogP contribution in [-0.4, -0.2) is 21.6 Å². The van der Waals surface area contributed by atoms with E-state index in [1.54, 1.807) is 0 Å². The highest BCUT2D eigenvalue weighted by molar-refractivity contribution is 7.05. The number of fused-ring (bicyclic) bond motifs is 1. The maximum Gasteiger partial charge on any atom is 0.0832 e. The van der Waals surface area contributed by atoms with E-state index in [4.69, 9.17) is 0 Å². The average Bonchev–Trinajstić information content (AvgIpc) is 2.98. The van der Waals surface area contributed by atoms with Crippen molar-refractivity contribution < 1.29 is 0 Å². The van der Waals surface area contributed by atoms with E-state index >= 15 is 0 Å². The highest BCUT2D eigenvalue weighted by atomic mass is 32.1. The van der Waals surface area contributed by atoms with Crippen LogP contribution in [0.3, 0.4) is 0 Å². The molecule has 1 N–H and O–H groups in total. The Labute approximate surface area is 128 Å². The van der Waals surface area contributed by atoms with Gasteiger partial charge in [0.25, 0.3) is 0 Å². The molecule has 0 aliphatic carbocycles. The standard InChI is InChI=1S/C16H18N4S/c1-10(2)14-16(21-20-19-14)15(17-3)12-6-4-8-13-11(12)7-5-9-18-13/h4-10,15,17H,1-3H3. The Morgan fingerprint density at radius 3 is 2.76 bits per heavy atom. The van der Waals surface area contributed by atoms with Gasteiger partial charge in [0.1, 0.15) is 0 Å². The van der Waals surface area contributed by atoms with Crippen LogP contribution < -0.4 is 5.32 Å². The summed E-state index contributed by atoms with van der Waals surface area (Å²) in [6, 6.07) is 10.4. The van der Waals surface area contributed by atoms with Crippen LogP contribution in [0.15, 0.2) is 36.5 Å². The molecular formula is C16H18N4S. The molecule has 0 saturated heterocycles. The van der Waals surface area contributed by atoms with Gasteiger partial charge in [-0.05, 0) is 42.2 Å². The normalized spacial score (nSPS) is 13.0. The van der Waals surface area contributed by atoms with Crippen LogP contribution in [0.5, 0.6) is 0 Å². The minimum Gasteiger partial charge on any atom is -0.309 e.